The molecule has 160 valence electrons. The third-order valence-electron chi connectivity index (χ3n) is 5.90. The van der Waals surface area contributed by atoms with Crippen LogP contribution in [0, 0.1) is 0 Å². The molecule has 2 aliphatic rings. The molecule has 1 fully saturated rings. The molecule has 1 N–H and O–H groups in total. The van der Waals surface area contributed by atoms with Crippen LogP contribution in [0.4, 0.5) is 0 Å². The number of pyridine rings is 1. The molecule has 1 unspecified atom stereocenters. The van der Waals surface area contributed by atoms with Gasteiger partial charge in [-0.15, -0.1) is 0 Å². The molecule has 1 aromatic heterocycles. The molecule has 0 saturated carbocycles. The summed E-state index contributed by atoms with van der Waals surface area (Å²) in [6.45, 7) is 6.75. The third-order valence-corrected chi connectivity index (χ3v) is 5.90. The van der Waals surface area contributed by atoms with Crippen molar-refractivity contribution in [3.63, 3.8) is 0 Å². The maximum atomic E-state index is 13.1. The van der Waals surface area contributed by atoms with E-state index in [-0.39, 0.29) is 18.6 Å². The molecule has 0 radical (unpaired) electrons. The number of nitrogens with zero attached hydrogens (tertiary/aromatic N) is 2. The van der Waals surface area contributed by atoms with E-state index in [1.807, 2.05) is 24.3 Å². The lowest BCUT2D eigenvalue weighted by molar-refractivity contribution is -0.124. The van der Waals surface area contributed by atoms with Crippen LogP contribution in [0.3, 0.4) is 0 Å². The largest absolute Gasteiger partial charge is 0.452 e. The fraction of sp³-hybridized carbons (Fsp3) is 0.522. The van der Waals surface area contributed by atoms with Crippen LogP contribution in [0.2, 0.25) is 0 Å². The van der Waals surface area contributed by atoms with Gasteiger partial charge in [0.05, 0.1) is 17.2 Å². The lowest BCUT2D eigenvalue weighted by atomic mass is 9.95. The molecule has 0 aliphatic carbocycles. The van der Waals surface area contributed by atoms with Gasteiger partial charge in [0.15, 0.2) is 6.61 Å². The van der Waals surface area contributed by atoms with Gasteiger partial charge < -0.3 is 14.8 Å². The SMILES string of the molecule is CC(C)N1CCc2nc3ccccc3c(C(=O)OCC(=O)NCC3CCCO3)c2C1. The van der Waals surface area contributed by atoms with Crippen molar-refractivity contribution in [2.24, 2.45) is 0 Å². The molecule has 0 spiro atoms. The van der Waals surface area contributed by atoms with Gasteiger partial charge in [0.2, 0.25) is 0 Å². The lowest BCUT2D eigenvalue weighted by Crippen LogP contribution is -2.37. The average Bonchev–Trinajstić information content (AvgIpc) is 3.27. The molecule has 0 bridgehead atoms. The van der Waals surface area contributed by atoms with Crippen molar-refractivity contribution in [3.05, 3.63) is 41.1 Å². The molecular formula is C23H29N3O4. The fourth-order valence-electron chi connectivity index (χ4n) is 4.17. The van der Waals surface area contributed by atoms with E-state index < -0.39 is 5.97 Å². The van der Waals surface area contributed by atoms with Gasteiger partial charge in [0, 0.05) is 55.3 Å². The van der Waals surface area contributed by atoms with Crippen molar-refractivity contribution >= 4 is 22.8 Å². The summed E-state index contributed by atoms with van der Waals surface area (Å²) in [6.07, 6.45) is 2.81. The summed E-state index contributed by atoms with van der Waals surface area (Å²) >= 11 is 0. The number of nitrogens with one attached hydrogen (secondary N) is 1. The number of ether oxygens (including phenoxy) is 2. The van der Waals surface area contributed by atoms with Crippen LogP contribution in [-0.2, 0) is 27.2 Å². The monoisotopic (exact) mass is 411 g/mol. The van der Waals surface area contributed by atoms with Crippen molar-refractivity contribution in [3.8, 4) is 0 Å². The Kier molecular flexibility index (Phi) is 6.29. The molecule has 1 aromatic carbocycles. The number of fused-ring (bicyclic) bond motifs is 2. The predicted molar refractivity (Wildman–Crippen MR) is 113 cm³/mol. The highest BCUT2D eigenvalue weighted by atomic mass is 16.5. The van der Waals surface area contributed by atoms with Crippen LogP contribution in [0.15, 0.2) is 24.3 Å². The van der Waals surface area contributed by atoms with E-state index in [0.29, 0.717) is 24.7 Å². The first-order valence-electron chi connectivity index (χ1n) is 10.7. The van der Waals surface area contributed by atoms with E-state index in [0.717, 1.165) is 54.6 Å². The Balaban J connectivity index is 1.52. The molecule has 7 heteroatoms. The quantitative estimate of drug-likeness (QED) is 0.736. The van der Waals surface area contributed by atoms with Gasteiger partial charge in [-0.25, -0.2) is 4.79 Å². The molecule has 2 aromatic rings. The molecule has 2 aliphatic heterocycles. The Morgan fingerprint density at radius 2 is 2.17 bits per heavy atom. The van der Waals surface area contributed by atoms with E-state index in [4.69, 9.17) is 14.5 Å². The van der Waals surface area contributed by atoms with Crippen LogP contribution >= 0.6 is 0 Å². The second kappa shape index (κ2) is 9.10. The summed E-state index contributed by atoms with van der Waals surface area (Å²) < 4.78 is 10.9. The number of hydrogen-bond acceptors (Lipinski definition) is 6. The first kappa shape index (κ1) is 20.8. The van der Waals surface area contributed by atoms with Gasteiger partial charge in [0.1, 0.15) is 0 Å². The average molecular weight is 412 g/mol. The summed E-state index contributed by atoms with van der Waals surface area (Å²) in [4.78, 5) is 32.4. The van der Waals surface area contributed by atoms with Gasteiger partial charge in [-0.2, -0.15) is 0 Å². The lowest BCUT2D eigenvalue weighted by Gasteiger charge is -2.32. The molecule has 1 saturated heterocycles. The Labute approximate surface area is 176 Å². The Bertz CT molecular complexity index is 937. The standard InChI is InChI=1S/C23H29N3O4/c1-15(2)26-10-9-20-18(13-26)22(17-7-3-4-8-19(17)25-20)23(28)30-14-21(27)24-12-16-6-5-11-29-16/h3-4,7-8,15-16H,5-6,9-14H2,1-2H3,(H,24,27). The van der Waals surface area contributed by atoms with E-state index in [2.05, 4.69) is 24.1 Å². The van der Waals surface area contributed by atoms with Gasteiger partial charge in [-0.1, -0.05) is 18.2 Å². The zero-order valence-electron chi connectivity index (χ0n) is 17.6. The van der Waals surface area contributed by atoms with E-state index in [9.17, 15) is 9.59 Å². The first-order valence-corrected chi connectivity index (χ1v) is 10.7. The minimum Gasteiger partial charge on any atom is -0.452 e. The normalized spacial score (nSPS) is 19.1. The van der Waals surface area contributed by atoms with Gasteiger partial charge >= 0.3 is 5.97 Å². The molecular weight excluding hydrogens is 382 g/mol. The van der Waals surface area contributed by atoms with Gasteiger partial charge in [-0.05, 0) is 32.8 Å². The number of hydrogen-bond donors (Lipinski definition) is 1. The summed E-state index contributed by atoms with van der Waals surface area (Å²) in [7, 11) is 0. The van der Waals surface area contributed by atoms with Crippen LogP contribution in [0.25, 0.3) is 10.9 Å². The number of amides is 1. The topological polar surface area (TPSA) is 80.8 Å². The van der Waals surface area contributed by atoms with E-state index >= 15 is 0 Å². The molecule has 7 nitrogen and oxygen atoms in total. The molecule has 1 amide bonds. The summed E-state index contributed by atoms with van der Waals surface area (Å²) in [6, 6.07) is 7.99. The minimum atomic E-state index is -0.470. The molecule has 1 atom stereocenters. The molecule has 3 heterocycles. The zero-order valence-corrected chi connectivity index (χ0v) is 17.6. The fourth-order valence-corrected chi connectivity index (χ4v) is 4.17. The Morgan fingerprint density at radius 3 is 2.93 bits per heavy atom. The van der Waals surface area contributed by atoms with Crippen molar-refractivity contribution in [2.75, 3.05) is 26.3 Å². The first-order chi connectivity index (χ1) is 14.5. The van der Waals surface area contributed by atoms with Crippen molar-refractivity contribution in [2.45, 2.75) is 51.8 Å². The maximum Gasteiger partial charge on any atom is 0.339 e. The van der Waals surface area contributed by atoms with Gasteiger partial charge in [0.25, 0.3) is 5.91 Å². The third kappa shape index (κ3) is 4.47. The number of carbonyl (C=O) groups excluding carboxylic acids is 2. The second-order valence-corrected chi connectivity index (χ2v) is 8.26. The Morgan fingerprint density at radius 1 is 1.33 bits per heavy atom. The van der Waals surface area contributed by atoms with Crippen molar-refractivity contribution in [1.29, 1.82) is 0 Å². The Hall–Kier alpha value is -2.51. The highest BCUT2D eigenvalue weighted by molar-refractivity contribution is 6.05. The van der Waals surface area contributed by atoms with Crippen LogP contribution in [-0.4, -0.2) is 60.2 Å². The second-order valence-electron chi connectivity index (χ2n) is 8.26. The predicted octanol–water partition coefficient (Wildman–Crippen LogP) is 2.45. The number of aromatic nitrogens is 1. The van der Waals surface area contributed by atoms with Crippen LogP contribution in [0.1, 0.15) is 48.3 Å². The highest BCUT2D eigenvalue weighted by Crippen LogP contribution is 2.29. The maximum absolute atomic E-state index is 13.1. The van der Waals surface area contributed by atoms with E-state index in [1.54, 1.807) is 0 Å². The van der Waals surface area contributed by atoms with Crippen molar-refractivity contribution in [1.82, 2.24) is 15.2 Å². The zero-order chi connectivity index (χ0) is 21.1. The number of esters is 1. The number of benzene rings is 1. The van der Waals surface area contributed by atoms with Crippen LogP contribution < -0.4 is 5.32 Å². The summed E-state index contributed by atoms with van der Waals surface area (Å²) in [5.74, 6) is -0.780. The number of rotatable bonds is 6. The molecule has 4 rings (SSSR count). The smallest absolute Gasteiger partial charge is 0.339 e. The highest BCUT2D eigenvalue weighted by Gasteiger charge is 2.28. The minimum absolute atomic E-state index is 0.0582. The van der Waals surface area contributed by atoms with Gasteiger partial charge in [-0.3, -0.25) is 14.7 Å². The number of carbonyl (C=O) groups is 2. The summed E-state index contributed by atoms with van der Waals surface area (Å²) in [5, 5.41) is 3.56. The van der Waals surface area contributed by atoms with Crippen molar-refractivity contribution < 1.29 is 19.1 Å². The van der Waals surface area contributed by atoms with E-state index in [1.165, 1.54) is 0 Å². The number of para-hydroxylation sites is 1. The van der Waals surface area contributed by atoms with Crippen LogP contribution in [0.5, 0.6) is 0 Å². The summed E-state index contributed by atoms with van der Waals surface area (Å²) in [5.41, 5.74) is 3.18. The molecule has 30 heavy (non-hydrogen) atoms.